The maximum absolute atomic E-state index is 12.9. The molecule has 0 bridgehead atoms. The van der Waals surface area contributed by atoms with Crippen LogP contribution in [-0.4, -0.2) is 31.5 Å². The largest absolute Gasteiger partial charge is 0.489 e. The fourth-order valence-corrected chi connectivity index (χ4v) is 5.33. The average Bonchev–Trinajstić information content (AvgIpc) is 3.44. The van der Waals surface area contributed by atoms with Crippen molar-refractivity contribution < 1.29 is 9.53 Å². The van der Waals surface area contributed by atoms with E-state index in [1.165, 1.54) is 11.8 Å². The highest BCUT2D eigenvalue weighted by Crippen LogP contribution is 2.35. The van der Waals surface area contributed by atoms with E-state index in [9.17, 15) is 4.79 Å². The second-order valence-electron chi connectivity index (χ2n) is 8.08. The molecule has 180 valence electrons. The topological polar surface area (TPSA) is 47.4 Å². The Hall–Kier alpha value is -3.39. The van der Waals surface area contributed by atoms with E-state index in [0.717, 1.165) is 33.8 Å². The molecule has 0 spiro atoms. The van der Waals surface area contributed by atoms with Crippen LogP contribution >= 0.6 is 35.6 Å². The van der Waals surface area contributed by atoms with Crippen molar-refractivity contribution in [1.29, 1.82) is 0 Å². The lowest BCUT2D eigenvalue weighted by Gasteiger charge is -2.09. The molecule has 2 heterocycles. The van der Waals surface area contributed by atoms with E-state index in [2.05, 4.69) is 0 Å². The number of thioether (sulfide) groups is 1. The number of nitrogens with zero attached hydrogens (tertiary/aromatic N) is 3. The Labute approximate surface area is 224 Å². The number of hydrogen-bond donors (Lipinski definition) is 0. The van der Waals surface area contributed by atoms with E-state index >= 15 is 0 Å². The van der Waals surface area contributed by atoms with Crippen LogP contribution in [-0.2, 0) is 11.4 Å². The fraction of sp³-hybridized carbons (Fsp3) is 0.107. The molecule has 0 unspecified atom stereocenters. The fourth-order valence-electron chi connectivity index (χ4n) is 3.82. The van der Waals surface area contributed by atoms with E-state index in [1.54, 1.807) is 4.90 Å². The first-order valence-electron chi connectivity index (χ1n) is 11.4. The maximum Gasteiger partial charge on any atom is 0.266 e. The molecule has 0 aliphatic carbocycles. The Morgan fingerprint density at radius 2 is 1.83 bits per heavy atom. The summed E-state index contributed by atoms with van der Waals surface area (Å²) in [6.45, 7) is 2.89. The van der Waals surface area contributed by atoms with Crippen LogP contribution in [0.15, 0.2) is 90.0 Å². The molecule has 0 atom stereocenters. The van der Waals surface area contributed by atoms with E-state index < -0.39 is 0 Å². The number of aromatic nitrogens is 2. The van der Waals surface area contributed by atoms with Crippen molar-refractivity contribution in [2.45, 2.75) is 13.5 Å². The first kappa shape index (κ1) is 24.3. The van der Waals surface area contributed by atoms with Gasteiger partial charge in [-0.1, -0.05) is 78.0 Å². The molecule has 1 saturated heterocycles. The minimum atomic E-state index is -0.0778. The van der Waals surface area contributed by atoms with E-state index in [4.69, 9.17) is 33.7 Å². The maximum atomic E-state index is 12.9. The molecule has 1 aromatic heterocycles. The van der Waals surface area contributed by atoms with Gasteiger partial charge in [-0.3, -0.25) is 9.69 Å². The Morgan fingerprint density at radius 1 is 1.06 bits per heavy atom. The Balaban J connectivity index is 1.50. The summed E-state index contributed by atoms with van der Waals surface area (Å²) in [6, 6.07) is 25.3. The molecule has 0 N–H and O–H groups in total. The summed E-state index contributed by atoms with van der Waals surface area (Å²) in [4.78, 5) is 15.1. The SMILES string of the molecule is CCN1C(=O)/C(=C/c2cn(-c3ccccc3)nc2-c2cccc(OCc3ccc(Cl)cc3)c2)SC1=S. The predicted octanol–water partition coefficient (Wildman–Crippen LogP) is 6.99. The van der Waals surface area contributed by atoms with E-state index in [0.29, 0.717) is 27.4 Å². The number of halogens is 1. The lowest BCUT2D eigenvalue weighted by Crippen LogP contribution is -2.27. The summed E-state index contributed by atoms with van der Waals surface area (Å²) >= 11 is 12.7. The first-order chi connectivity index (χ1) is 17.5. The quantitative estimate of drug-likeness (QED) is 0.190. The smallest absolute Gasteiger partial charge is 0.266 e. The summed E-state index contributed by atoms with van der Waals surface area (Å²) in [5, 5.41) is 5.57. The molecule has 1 fully saturated rings. The average molecular weight is 532 g/mol. The molecule has 1 aliphatic heterocycles. The number of benzene rings is 3. The Bertz CT molecular complexity index is 1450. The summed E-state index contributed by atoms with van der Waals surface area (Å²) in [6.07, 6.45) is 3.81. The minimum absolute atomic E-state index is 0.0778. The third kappa shape index (κ3) is 5.23. The van der Waals surface area contributed by atoms with Crippen molar-refractivity contribution in [3.8, 4) is 22.7 Å². The van der Waals surface area contributed by atoms with Crippen LogP contribution < -0.4 is 4.74 Å². The molecule has 5 nitrogen and oxygen atoms in total. The highest BCUT2D eigenvalue weighted by atomic mass is 35.5. The van der Waals surface area contributed by atoms with Gasteiger partial charge in [0, 0.05) is 28.9 Å². The second-order valence-corrected chi connectivity index (χ2v) is 10.2. The van der Waals surface area contributed by atoms with Gasteiger partial charge in [-0.2, -0.15) is 5.10 Å². The lowest BCUT2D eigenvalue weighted by atomic mass is 10.1. The summed E-state index contributed by atoms with van der Waals surface area (Å²) < 4.78 is 8.44. The van der Waals surface area contributed by atoms with Crippen LogP contribution in [0.25, 0.3) is 23.0 Å². The van der Waals surface area contributed by atoms with Crippen LogP contribution in [0.3, 0.4) is 0 Å². The van der Waals surface area contributed by atoms with Gasteiger partial charge in [0.15, 0.2) is 0 Å². The standard InChI is InChI=1S/C28H22ClN3O2S2/c1-2-31-27(33)25(36-28(31)35)16-21-17-32(23-8-4-3-5-9-23)30-26(21)20-7-6-10-24(15-20)34-18-19-11-13-22(29)14-12-19/h3-17H,2,18H2,1H3/b25-16-. The third-order valence-electron chi connectivity index (χ3n) is 5.67. The molecule has 3 aromatic carbocycles. The summed E-state index contributed by atoms with van der Waals surface area (Å²) in [5.74, 6) is 0.644. The van der Waals surface area contributed by atoms with E-state index in [1.807, 2.05) is 103 Å². The van der Waals surface area contributed by atoms with Crippen molar-refractivity contribution >= 4 is 51.9 Å². The molecule has 4 aromatic rings. The van der Waals surface area contributed by atoms with Gasteiger partial charge in [0.2, 0.25) is 0 Å². The minimum Gasteiger partial charge on any atom is -0.489 e. The van der Waals surface area contributed by atoms with Crippen LogP contribution in [0.2, 0.25) is 5.02 Å². The number of carbonyl (C=O) groups is 1. The molecular formula is C28H22ClN3O2S2. The van der Waals surface area contributed by atoms with Gasteiger partial charge >= 0.3 is 0 Å². The van der Waals surface area contributed by atoms with Crippen LogP contribution in [0.4, 0.5) is 0 Å². The zero-order valence-electron chi connectivity index (χ0n) is 19.4. The monoisotopic (exact) mass is 531 g/mol. The summed E-state index contributed by atoms with van der Waals surface area (Å²) in [7, 11) is 0. The lowest BCUT2D eigenvalue weighted by molar-refractivity contribution is -0.121. The predicted molar refractivity (Wildman–Crippen MR) is 150 cm³/mol. The zero-order chi connectivity index (χ0) is 25.1. The van der Waals surface area contributed by atoms with Gasteiger partial charge < -0.3 is 4.74 Å². The molecule has 5 rings (SSSR count). The third-order valence-corrected chi connectivity index (χ3v) is 7.30. The second kappa shape index (κ2) is 10.7. The highest BCUT2D eigenvalue weighted by molar-refractivity contribution is 8.26. The summed E-state index contributed by atoms with van der Waals surface area (Å²) in [5.41, 5.74) is 4.41. The molecule has 0 saturated carbocycles. The Kier molecular flexibility index (Phi) is 7.23. The van der Waals surface area contributed by atoms with Crippen LogP contribution in [0, 0.1) is 0 Å². The number of carbonyl (C=O) groups excluding carboxylic acids is 1. The molecular weight excluding hydrogens is 510 g/mol. The molecule has 8 heteroatoms. The van der Waals surface area contributed by atoms with Crippen LogP contribution in [0.1, 0.15) is 18.1 Å². The first-order valence-corrected chi connectivity index (χ1v) is 13.0. The number of ether oxygens (including phenoxy) is 1. The van der Waals surface area contributed by atoms with Gasteiger partial charge in [0.25, 0.3) is 5.91 Å². The van der Waals surface area contributed by atoms with E-state index in [-0.39, 0.29) is 5.91 Å². The van der Waals surface area contributed by atoms with Crippen molar-refractivity contribution in [3.05, 3.63) is 106 Å². The number of thiocarbonyl (C=S) groups is 1. The van der Waals surface area contributed by atoms with Crippen molar-refractivity contribution in [2.24, 2.45) is 0 Å². The number of para-hydroxylation sites is 1. The Morgan fingerprint density at radius 3 is 2.56 bits per heavy atom. The number of hydrogen-bond acceptors (Lipinski definition) is 5. The molecule has 36 heavy (non-hydrogen) atoms. The van der Waals surface area contributed by atoms with Gasteiger partial charge in [-0.15, -0.1) is 0 Å². The number of rotatable bonds is 7. The van der Waals surface area contributed by atoms with Gasteiger partial charge in [0.05, 0.1) is 10.6 Å². The van der Waals surface area contributed by atoms with Crippen molar-refractivity contribution in [3.63, 3.8) is 0 Å². The van der Waals surface area contributed by atoms with Crippen molar-refractivity contribution in [1.82, 2.24) is 14.7 Å². The van der Waals surface area contributed by atoms with Gasteiger partial charge in [-0.25, -0.2) is 4.68 Å². The van der Waals surface area contributed by atoms with Gasteiger partial charge in [0.1, 0.15) is 22.4 Å². The molecule has 1 aliphatic rings. The highest BCUT2D eigenvalue weighted by Gasteiger charge is 2.31. The normalized spacial score (nSPS) is 14.6. The van der Waals surface area contributed by atoms with Crippen molar-refractivity contribution in [2.75, 3.05) is 6.54 Å². The number of likely N-dealkylation sites (N-methyl/N-ethyl adjacent to an activating group) is 1. The molecule has 1 amide bonds. The van der Waals surface area contributed by atoms with Crippen LogP contribution in [0.5, 0.6) is 5.75 Å². The number of amides is 1. The zero-order valence-corrected chi connectivity index (χ0v) is 21.8. The molecule has 0 radical (unpaired) electrons. The van der Waals surface area contributed by atoms with Gasteiger partial charge in [-0.05, 0) is 55.0 Å².